The van der Waals surface area contributed by atoms with Gasteiger partial charge in [0.1, 0.15) is 6.61 Å². The second-order valence-corrected chi connectivity index (χ2v) is 5.36. The molecule has 0 saturated carbocycles. The number of hydrogen-bond donors (Lipinski definition) is 1. The van der Waals surface area contributed by atoms with Crippen molar-refractivity contribution in [1.29, 1.82) is 0 Å². The van der Waals surface area contributed by atoms with Gasteiger partial charge >= 0.3 is 0 Å². The van der Waals surface area contributed by atoms with Gasteiger partial charge in [-0.1, -0.05) is 23.7 Å². The zero-order chi connectivity index (χ0) is 14.1. The van der Waals surface area contributed by atoms with Crippen LogP contribution in [0.5, 0.6) is 11.5 Å². The summed E-state index contributed by atoms with van der Waals surface area (Å²) in [6, 6.07) is 7.77. The minimum atomic E-state index is -0.319. The Kier molecular flexibility index (Phi) is 3.23. The Morgan fingerprint density at radius 2 is 2.05 bits per heavy atom. The summed E-state index contributed by atoms with van der Waals surface area (Å²) in [5.74, 6) is 2.67. The molecule has 0 bridgehead atoms. The first kappa shape index (κ1) is 12.6. The zero-order valence-corrected chi connectivity index (χ0v) is 11.6. The second-order valence-electron chi connectivity index (χ2n) is 5.36. The molecule has 2 aliphatic heterocycles. The summed E-state index contributed by atoms with van der Waals surface area (Å²) in [6.07, 6.45) is 3.10. The molecule has 1 saturated heterocycles. The summed E-state index contributed by atoms with van der Waals surface area (Å²) in [4.78, 5) is 4.49. The Morgan fingerprint density at radius 1 is 1.14 bits per heavy atom. The number of nitrogens with zero attached hydrogens (tertiary/aromatic N) is 2. The molecule has 0 radical (unpaired) electrons. The molecule has 1 N–H and O–H groups in total. The van der Waals surface area contributed by atoms with Crippen LogP contribution in [0.3, 0.4) is 0 Å². The van der Waals surface area contributed by atoms with Crippen molar-refractivity contribution in [1.82, 2.24) is 15.5 Å². The highest BCUT2D eigenvalue weighted by Crippen LogP contribution is 2.35. The summed E-state index contributed by atoms with van der Waals surface area (Å²) >= 11 is 0. The number of nitrogens with one attached hydrogen (secondary N) is 1. The van der Waals surface area contributed by atoms with Crippen molar-refractivity contribution in [3.8, 4) is 11.5 Å². The minimum Gasteiger partial charge on any atom is -0.485 e. The van der Waals surface area contributed by atoms with E-state index in [1.165, 1.54) is 12.8 Å². The van der Waals surface area contributed by atoms with E-state index in [1.807, 2.05) is 24.3 Å². The quantitative estimate of drug-likeness (QED) is 0.914. The molecule has 0 amide bonds. The van der Waals surface area contributed by atoms with Gasteiger partial charge in [0, 0.05) is 0 Å². The maximum Gasteiger partial charge on any atom is 0.243 e. The van der Waals surface area contributed by atoms with Crippen LogP contribution < -0.4 is 14.8 Å². The van der Waals surface area contributed by atoms with Crippen molar-refractivity contribution in [2.45, 2.75) is 31.4 Å². The third kappa shape index (κ3) is 2.47. The van der Waals surface area contributed by atoms with Crippen molar-refractivity contribution in [2.75, 3.05) is 13.2 Å². The van der Waals surface area contributed by atoms with E-state index in [-0.39, 0.29) is 12.1 Å². The predicted molar refractivity (Wildman–Crippen MR) is 74.2 cm³/mol. The molecule has 2 aromatic rings. The average molecular weight is 287 g/mol. The first-order valence-corrected chi connectivity index (χ1v) is 7.35. The lowest BCUT2D eigenvalue weighted by molar-refractivity contribution is 0.0832. The molecular weight excluding hydrogens is 270 g/mol. The summed E-state index contributed by atoms with van der Waals surface area (Å²) in [5, 5.41) is 7.46. The van der Waals surface area contributed by atoms with Gasteiger partial charge in [-0.2, -0.15) is 4.98 Å². The molecule has 6 heteroatoms. The summed E-state index contributed by atoms with van der Waals surface area (Å²) < 4.78 is 17.0. The van der Waals surface area contributed by atoms with Crippen LogP contribution in [0.1, 0.15) is 43.1 Å². The van der Waals surface area contributed by atoms with Gasteiger partial charge < -0.3 is 19.3 Å². The lowest BCUT2D eigenvalue weighted by Gasteiger charge is -2.24. The summed E-state index contributed by atoms with van der Waals surface area (Å²) in [5.41, 5.74) is 0. The number of benzene rings is 1. The fourth-order valence-electron chi connectivity index (χ4n) is 2.73. The summed E-state index contributed by atoms with van der Waals surface area (Å²) in [6.45, 7) is 1.40. The standard InChI is InChI=1S/C15H17N3O3/c1-2-7-12-11(6-1)19-9-13(20-12)14-17-15(21-18-14)10-5-3-4-8-16-10/h1-2,6-7,10,13,16H,3-5,8-9H2. The van der Waals surface area contributed by atoms with Gasteiger partial charge in [0.25, 0.3) is 0 Å². The van der Waals surface area contributed by atoms with Crippen LogP contribution in [0, 0.1) is 0 Å². The third-order valence-electron chi connectivity index (χ3n) is 3.86. The molecule has 0 aliphatic carbocycles. The molecule has 2 aliphatic rings. The van der Waals surface area contributed by atoms with Gasteiger partial charge in [-0.05, 0) is 31.5 Å². The van der Waals surface area contributed by atoms with E-state index in [2.05, 4.69) is 15.5 Å². The average Bonchev–Trinajstić information content (AvgIpc) is 3.05. The molecule has 0 spiro atoms. The second kappa shape index (κ2) is 5.37. The van der Waals surface area contributed by atoms with Gasteiger partial charge in [-0.15, -0.1) is 0 Å². The molecule has 2 unspecified atom stereocenters. The number of para-hydroxylation sites is 2. The number of aromatic nitrogens is 2. The topological polar surface area (TPSA) is 69.4 Å². The van der Waals surface area contributed by atoms with Crippen LogP contribution >= 0.6 is 0 Å². The zero-order valence-electron chi connectivity index (χ0n) is 11.6. The van der Waals surface area contributed by atoms with Crippen LogP contribution in [-0.2, 0) is 0 Å². The first-order valence-electron chi connectivity index (χ1n) is 7.35. The number of fused-ring (bicyclic) bond motifs is 1. The van der Waals surface area contributed by atoms with Gasteiger partial charge in [-0.3, -0.25) is 0 Å². The third-order valence-corrected chi connectivity index (χ3v) is 3.86. The van der Waals surface area contributed by atoms with Gasteiger partial charge in [0.2, 0.25) is 11.7 Å². The fraction of sp³-hybridized carbons (Fsp3) is 0.467. The number of hydrogen-bond acceptors (Lipinski definition) is 6. The largest absolute Gasteiger partial charge is 0.485 e. The number of ether oxygens (including phenoxy) is 2. The molecule has 1 aromatic carbocycles. The SMILES string of the molecule is c1ccc2c(c1)OCC(c1noc(C3CCCCN3)n1)O2. The van der Waals surface area contributed by atoms with E-state index in [9.17, 15) is 0 Å². The van der Waals surface area contributed by atoms with Crippen LogP contribution in [0.15, 0.2) is 28.8 Å². The van der Waals surface area contributed by atoms with E-state index in [1.54, 1.807) is 0 Å². The highest BCUT2D eigenvalue weighted by molar-refractivity contribution is 5.40. The van der Waals surface area contributed by atoms with Crippen LogP contribution in [0.25, 0.3) is 0 Å². The Bertz CT molecular complexity index is 622. The molecule has 6 nitrogen and oxygen atoms in total. The van der Waals surface area contributed by atoms with Crippen molar-refractivity contribution in [2.24, 2.45) is 0 Å². The molecule has 21 heavy (non-hydrogen) atoms. The monoisotopic (exact) mass is 287 g/mol. The normalized spacial score (nSPS) is 24.8. The predicted octanol–water partition coefficient (Wildman–Crippen LogP) is 2.40. The Morgan fingerprint density at radius 3 is 2.90 bits per heavy atom. The molecule has 4 rings (SSSR count). The van der Waals surface area contributed by atoms with Crippen LogP contribution in [-0.4, -0.2) is 23.3 Å². The van der Waals surface area contributed by atoms with Crippen molar-refractivity contribution >= 4 is 0 Å². The molecule has 3 heterocycles. The fourth-order valence-corrected chi connectivity index (χ4v) is 2.73. The molecule has 1 aromatic heterocycles. The van der Waals surface area contributed by atoms with Crippen molar-refractivity contribution in [3.05, 3.63) is 36.0 Å². The maximum atomic E-state index is 5.89. The number of rotatable bonds is 2. The van der Waals surface area contributed by atoms with Gasteiger partial charge in [0.05, 0.1) is 6.04 Å². The smallest absolute Gasteiger partial charge is 0.243 e. The first-order chi connectivity index (χ1) is 10.4. The minimum absolute atomic E-state index is 0.164. The molecule has 1 fully saturated rings. The van der Waals surface area contributed by atoms with E-state index in [4.69, 9.17) is 14.0 Å². The lowest BCUT2D eigenvalue weighted by atomic mass is 10.1. The summed E-state index contributed by atoms with van der Waals surface area (Å²) in [7, 11) is 0. The van der Waals surface area contributed by atoms with Gasteiger partial charge in [0.15, 0.2) is 17.6 Å². The van der Waals surface area contributed by atoms with Crippen LogP contribution in [0.2, 0.25) is 0 Å². The van der Waals surface area contributed by atoms with E-state index >= 15 is 0 Å². The number of piperidine rings is 1. The Labute approximate surface area is 122 Å². The van der Waals surface area contributed by atoms with Crippen LogP contribution in [0.4, 0.5) is 0 Å². The van der Waals surface area contributed by atoms with E-state index in [0.29, 0.717) is 18.3 Å². The Balaban J connectivity index is 1.51. The highest BCUT2D eigenvalue weighted by atomic mass is 16.6. The lowest BCUT2D eigenvalue weighted by Crippen LogP contribution is -2.27. The Hall–Kier alpha value is -2.08. The molecule has 2 atom stereocenters. The molecular formula is C15H17N3O3. The van der Waals surface area contributed by atoms with E-state index < -0.39 is 0 Å². The maximum absolute atomic E-state index is 5.89. The van der Waals surface area contributed by atoms with Gasteiger partial charge in [-0.25, -0.2) is 0 Å². The van der Waals surface area contributed by atoms with E-state index in [0.717, 1.165) is 24.5 Å². The highest BCUT2D eigenvalue weighted by Gasteiger charge is 2.28. The molecule has 110 valence electrons. The van der Waals surface area contributed by atoms with Crippen molar-refractivity contribution < 1.29 is 14.0 Å². The van der Waals surface area contributed by atoms with Crippen molar-refractivity contribution in [3.63, 3.8) is 0 Å².